The van der Waals surface area contributed by atoms with Crippen molar-refractivity contribution in [3.8, 4) is 17.1 Å². The first-order valence-corrected chi connectivity index (χ1v) is 9.95. The number of rotatable bonds is 6. The Hall–Kier alpha value is -3.46. The van der Waals surface area contributed by atoms with E-state index in [1.54, 1.807) is 24.1 Å². The van der Waals surface area contributed by atoms with Crippen molar-refractivity contribution in [1.82, 2.24) is 29.5 Å². The molecule has 3 heterocycles. The highest BCUT2D eigenvalue weighted by molar-refractivity contribution is 7.99. The fraction of sp³-hybridized carbons (Fsp3) is 0.150. The van der Waals surface area contributed by atoms with Gasteiger partial charge in [0.15, 0.2) is 11.0 Å². The molecule has 9 heteroatoms. The molecular weight excluding hydrogens is 386 g/mol. The van der Waals surface area contributed by atoms with Crippen LogP contribution >= 0.6 is 11.8 Å². The van der Waals surface area contributed by atoms with Crippen LogP contribution in [0.3, 0.4) is 0 Å². The molecule has 0 atom stereocenters. The zero-order valence-electron chi connectivity index (χ0n) is 16.0. The first-order valence-electron chi connectivity index (χ1n) is 8.96. The summed E-state index contributed by atoms with van der Waals surface area (Å²) >= 11 is 1.32. The number of amides is 1. The predicted octanol–water partition coefficient (Wildman–Crippen LogP) is 3.10. The van der Waals surface area contributed by atoms with Gasteiger partial charge in [-0.15, -0.1) is 10.2 Å². The lowest BCUT2D eigenvalue weighted by Gasteiger charge is -2.10. The average Bonchev–Trinajstić information content (AvgIpc) is 3.30. The minimum atomic E-state index is -0.136. The molecule has 146 valence electrons. The number of para-hydroxylation sites is 1. The van der Waals surface area contributed by atoms with E-state index < -0.39 is 0 Å². The van der Waals surface area contributed by atoms with E-state index in [1.165, 1.54) is 11.8 Å². The van der Waals surface area contributed by atoms with Crippen molar-refractivity contribution in [2.75, 3.05) is 11.1 Å². The molecule has 0 saturated heterocycles. The van der Waals surface area contributed by atoms with E-state index in [2.05, 4.69) is 25.6 Å². The van der Waals surface area contributed by atoms with E-state index >= 15 is 0 Å². The van der Waals surface area contributed by atoms with Crippen LogP contribution < -0.4 is 5.32 Å². The summed E-state index contributed by atoms with van der Waals surface area (Å²) in [6.07, 6.45) is 3.46. The van der Waals surface area contributed by atoms with Gasteiger partial charge in [0, 0.05) is 36.8 Å². The number of aryl methyl sites for hydroxylation is 2. The third-order valence-corrected chi connectivity index (χ3v) is 5.10. The number of carbonyl (C=O) groups is 1. The largest absolute Gasteiger partial charge is 0.310 e. The Labute approximate surface area is 172 Å². The zero-order chi connectivity index (χ0) is 20.2. The molecule has 0 saturated carbocycles. The van der Waals surface area contributed by atoms with Crippen molar-refractivity contribution < 1.29 is 4.79 Å². The van der Waals surface area contributed by atoms with Gasteiger partial charge in [-0.2, -0.15) is 5.10 Å². The van der Waals surface area contributed by atoms with Crippen LogP contribution in [0.1, 0.15) is 5.69 Å². The van der Waals surface area contributed by atoms with E-state index in [0.717, 1.165) is 16.9 Å². The van der Waals surface area contributed by atoms with Crippen LogP contribution in [-0.4, -0.2) is 41.2 Å². The van der Waals surface area contributed by atoms with Crippen molar-refractivity contribution in [2.45, 2.75) is 12.1 Å². The summed E-state index contributed by atoms with van der Waals surface area (Å²) in [7, 11) is 1.79. The highest BCUT2D eigenvalue weighted by Gasteiger charge is 2.17. The Kier molecular flexibility index (Phi) is 5.39. The summed E-state index contributed by atoms with van der Waals surface area (Å²) in [6, 6.07) is 15.4. The second-order valence-corrected chi connectivity index (χ2v) is 7.29. The molecule has 0 radical (unpaired) electrons. The third kappa shape index (κ3) is 4.19. The standard InChI is InChI=1S/C20H19N7OS/c1-14-11-17(26(2)25-14)22-18(28)13-29-20-24-23-19(15-7-6-10-21-12-15)27(20)16-8-4-3-5-9-16/h3-12H,13H2,1-2H3,(H,22,28). The molecule has 3 aromatic heterocycles. The number of pyridine rings is 1. The highest BCUT2D eigenvalue weighted by atomic mass is 32.2. The van der Waals surface area contributed by atoms with Gasteiger partial charge >= 0.3 is 0 Å². The second-order valence-electron chi connectivity index (χ2n) is 6.35. The molecule has 4 rings (SSSR count). The fourth-order valence-corrected chi connectivity index (χ4v) is 3.64. The van der Waals surface area contributed by atoms with Crippen molar-refractivity contribution in [3.63, 3.8) is 0 Å². The smallest absolute Gasteiger partial charge is 0.235 e. The molecule has 0 spiro atoms. The first kappa shape index (κ1) is 18.9. The van der Waals surface area contributed by atoms with Crippen LogP contribution in [0.2, 0.25) is 0 Å². The maximum atomic E-state index is 12.4. The van der Waals surface area contributed by atoms with Gasteiger partial charge in [0.25, 0.3) is 0 Å². The topological polar surface area (TPSA) is 90.5 Å². The number of nitrogens with zero attached hydrogens (tertiary/aromatic N) is 6. The summed E-state index contributed by atoms with van der Waals surface area (Å²) in [6.45, 7) is 1.88. The number of nitrogens with one attached hydrogen (secondary N) is 1. The number of carbonyl (C=O) groups excluding carboxylic acids is 1. The lowest BCUT2D eigenvalue weighted by molar-refractivity contribution is -0.113. The van der Waals surface area contributed by atoms with Crippen LogP contribution in [0.15, 0.2) is 66.1 Å². The van der Waals surface area contributed by atoms with Crippen LogP contribution in [0.25, 0.3) is 17.1 Å². The summed E-state index contributed by atoms with van der Waals surface area (Å²) in [5, 5.41) is 16.4. The molecule has 0 aliphatic rings. The van der Waals surface area contributed by atoms with Gasteiger partial charge in [-0.25, -0.2) is 0 Å². The lowest BCUT2D eigenvalue weighted by Crippen LogP contribution is -2.16. The lowest BCUT2D eigenvalue weighted by atomic mass is 10.2. The molecule has 4 aromatic rings. The molecule has 1 aromatic carbocycles. The summed E-state index contributed by atoms with van der Waals surface area (Å²) < 4.78 is 3.58. The predicted molar refractivity (Wildman–Crippen MR) is 112 cm³/mol. The van der Waals surface area contributed by atoms with Crippen molar-refractivity contribution in [2.24, 2.45) is 7.05 Å². The Morgan fingerprint density at radius 1 is 1.14 bits per heavy atom. The summed E-state index contributed by atoms with van der Waals surface area (Å²) in [5.41, 5.74) is 2.62. The first-order chi connectivity index (χ1) is 14.1. The number of hydrogen-bond donors (Lipinski definition) is 1. The molecule has 29 heavy (non-hydrogen) atoms. The molecule has 0 fully saturated rings. The van der Waals surface area contributed by atoms with Crippen LogP contribution in [0.4, 0.5) is 5.82 Å². The van der Waals surface area contributed by atoms with Crippen LogP contribution in [0, 0.1) is 6.92 Å². The van der Waals surface area contributed by atoms with Gasteiger partial charge in [0.1, 0.15) is 5.82 Å². The van der Waals surface area contributed by atoms with Crippen molar-refractivity contribution in [1.29, 1.82) is 0 Å². The Morgan fingerprint density at radius 3 is 2.66 bits per heavy atom. The highest BCUT2D eigenvalue weighted by Crippen LogP contribution is 2.27. The molecule has 1 N–H and O–H groups in total. The molecule has 0 unspecified atom stereocenters. The van der Waals surface area contributed by atoms with Gasteiger partial charge in [0.2, 0.25) is 5.91 Å². The number of aromatic nitrogens is 6. The van der Waals surface area contributed by atoms with Gasteiger partial charge in [-0.1, -0.05) is 30.0 Å². The van der Waals surface area contributed by atoms with E-state index in [-0.39, 0.29) is 11.7 Å². The fourth-order valence-electron chi connectivity index (χ4n) is 2.89. The summed E-state index contributed by atoms with van der Waals surface area (Å²) in [5.74, 6) is 1.40. The molecular formula is C20H19N7OS. The number of benzene rings is 1. The molecule has 0 aliphatic heterocycles. The quantitative estimate of drug-likeness (QED) is 0.496. The maximum Gasteiger partial charge on any atom is 0.235 e. The minimum Gasteiger partial charge on any atom is -0.310 e. The third-order valence-electron chi connectivity index (χ3n) is 4.17. The Morgan fingerprint density at radius 2 is 1.97 bits per heavy atom. The van der Waals surface area contributed by atoms with Gasteiger partial charge in [-0.05, 0) is 31.2 Å². The van der Waals surface area contributed by atoms with Crippen LogP contribution in [-0.2, 0) is 11.8 Å². The second kappa shape index (κ2) is 8.27. The number of thioether (sulfide) groups is 1. The van der Waals surface area contributed by atoms with Gasteiger partial charge in [0.05, 0.1) is 11.4 Å². The molecule has 0 bridgehead atoms. The molecule has 8 nitrogen and oxygen atoms in total. The normalized spacial score (nSPS) is 10.8. The number of anilines is 1. The SMILES string of the molecule is Cc1cc(NC(=O)CSc2nnc(-c3cccnc3)n2-c2ccccc2)n(C)n1. The summed E-state index contributed by atoms with van der Waals surface area (Å²) in [4.78, 5) is 16.6. The van der Waals surface area contributed by atoms with E-state index in [9.17, 15) is 4.79 Å². The molecule has 0 aliphatic carbocycles. The van der Waals surface area contributed by atoms with E-state index in [1.807, 2.05) is 60.0 Å². The average molecular weight is 405 g/mol. The van der Waals surface area contributed by atoms with Crippen molar-refractivity contribution >= 4 is 23.5 Å². The molecule has 1 amide bonds. The van der Waals surface area contributed by atoms with Crippen molar-refractivity contribution in [3.05, 3.63) is 66.6 Å². The number of hydrogen-bond acceptors (Lipinski definition) is 6. The van der Waals surface area contributed by atoms with Gasteiger partial charge < -0.3 is 5.32 Å². The van der Waals surface area contributed by atoms with E-state index in [0.29, 0.717) is 16.8 Å². The monoisotopic (exact) mass is 405 g/mol. The zero-order valence-corrected chi connectivity index (χ0v) is 16.8. The minimum absolute atomic E-state index is 0.136. The Balaban J connectivity index is 1.58. The Bertz CT molecular complexity index is 1120. The maximum absolute atomic E-state index is 12.4. The van der Waals surface area contributed by atoms with E-state index in [4.69, 9.17) is 0 Å². The van der Waals surface area contributed by atoms with Crippen LogP contribution in [0.5, 0.6) is 0 Å². The van der Waals surface area contributed by atoms with Gasteiger partial charge in [-0.3, -0.25) is 19.0 Å².